The predicted octanol–water partition coefficient (Wildman–Crippen LogP) is 0.0225. The Morgan fingerprint density at radius 1 is 1.56 bits per heavy atom. The SMILES string of the molecule is CN1C=NNC1CC1(c2cccc([NH3+])c2)COC1. The Morgan fingerprint density at radius 3 is 2.94 bits per heavy atom. The van der Waals surface area contributed by atoms with E-state index in [9.17, 15) is 0 Å². The van der Waals surface area contributed by atoms with Crippen LogP contribution in [0.25, 0.3) is 0 Å². The van der Waals surface area contributed by atoms with E-state index in [2.05, 4.69) is 39.4 Å². The van der Waals surface area contributed by atoms with Crippen LogP contribution in [0.15, 0.2) is 29.4 Å². The van der Waals surface area contributed by atoms with Crippen LogP contribution in [0, 0.1) is 0 Å². The summed E-state index contributed by atoms with van der Waals surface area (Å²) in [6.07, 6.45) is 3.07. The molecule has 2 aliphatic heterocycles. The van der Waals surface area contributed by atoms with Crippen molar-refractivity contribution in [3.63, 3.8) is 0 Å². The molecule has 1 unspecified atom stereocenters. The lowest BCUT2D eigenvalue weighted by atomic mass is 9.75. The van der Waals surface area contributed by atoms with Crippen LogP contribution in [0.5, 0.6) is 0 Å². The van der Waals surface area contributed by atoms with Gasteiger partial charge in [0.2, 0.25) is 0 Å². The summed E-state index contributed by atoms with van der Waals surface area (Å²) in [6.45, 7) is 1.56. The van der Waals surface area contributed by atoms with Crippen LogP contribution in [0.2, 0.25) is 0 Å². The Hall–Kier alpha value is -1.59. The van der Waals surface area contributed by atoms with Gasteiger partial charge in [0.1, 0.15) is 18.2 Å². The van der Waals surface area contributed by atoms with Gasteiger partial charge in [-0.1, -0.05) is 12.1 Å². The number of ether oxygens (including phenoxy) is 1. The zero-order valence-electron chi connectivity index (χ0n) is 10.6. The van der Waals surface area contributed by atoms with Crippen LogP contribution in [0.4, 0.5) is 5.69 Å². The molecule has 4 N–H and O–H groups in total. The Morgan fingerprint density at radius 2 is 2.39 bits per heavy atom. The van der Waals surface area contributed by atoms with E-state index in [0.717, 1.165) is 25.3 Å². The average molecular weight is 247 g/mol. The van der Waals surface area contributed by atoms with Crippen molar-refractivity contribution >= 4 is 12.0 Å². The Bertz CT molecular complexity index is 470. The van der Waals surface area contributed by atoms with Gasteiger partial charge >= 0.3 is 0 Å². The molecule has 0 radical (unpaired) electrons. The van der Waals surface area contributed by atoms with Gasteiger partial charge in [-0.2, -0.15) is 5.10 Å². The first kappa shape index (κ1) is 11.5. The zero-order valence-corrected chi connectivity index (χ0v) is 10.6. The molecule has 0 saturated carbocycles. The summed E-state index contributed by atoms with van der Waals surface area (Å²) >= 11 is 0. The lowest BCUT2D eigenvalue weighted by Gasteiger charge is -2.44. The Balaban J connectivity index is 1.82. The fourth-order valence-electron chi connectivity index (χ4n) is 2.59. The number of nitrogens with one attached hydrogen (secondary N) is 1. The number of hydrogen-bond donors (Lipinski definition) is 2. The maximum absolute atomic E-state index is 5.47. The normalized spacial score (nSPS) is 24.8. The molecule has 1 aromatic rings. The number of quaternary nitrogens is 1. The fourth-order valence-corrected chi connectivity index (χ4v) is 2.59. The molecule has 1 saturated heterocycles. The van der Waals surface area contributed by atoms with E-state index in [-0.39, 0.29) is 11.6 Å². The van der Waals surface area contributed by atoms with Crippen molar-refractivity contribution in [1.29, 1.82) is 0 Å². The highest BCUT2D eigenvalue weighted by Crippen LogP contribution is 2.38. The summed E-state index contributed by atoms with van der Waals surface area (Å²) in [5.41, 5.74) is 9.63. The topological polar surface area (TPSA) is 64.5 Å². The summed E-state index contributed by atoms with van der Waals surface area (Å²) in [5, 5.41) is 4.10. The van der Waals surface area contributed by atoms with E-state index in [1.165, 1.54) is 5.56 Å². The van der Waals surface area contributed by atoms with Crippen molar-refractivity contribution in [3.8, 4) is 0 Å². The number of hydrogen-bond acceptors (Lipinski definition) is 4. The third-order valence-electron chi connectivity index (χ3n) is 3.84. The third kappa shape index (κ3) is 1.85. The van der Waals surface area contributed by atoms with Crippen molar-refractivity contribution in [2.24, 2.45) is 5.10 Å². The van der Waals surface area contributed by atoms with Gasteiger partial charge in [0, 0.05) is 24.9 Å². The second-order valence-electron chi connectivity index (χ2n) is 5.23. The van der Waals surface area contributed by atoms with Crippen LogP contribution in [0.1, 0.15) is 12.0 Å². The van der Waals surface area contributed by atoms with Crippen LogP contribution in [-0.4, -0.2) is 37.7 Å². The number of rotatable bonds is 3. The van der Waals surface area contributed by atoms with E-state index in [4.69, 9.17) is 4.74 Å². The molecule has 1 atom stereocenters. The smallest absolute Gasteiger partial charge is 0.128 e. The fraction of sp³-hybridized carbons (Fsp3) is 0.462. The van der Waals surface area contributed by atoms with E-state index >= 15 is 0 Å². The standard InChI is InChI=1S/C13H18N4O/c1-17-9-15-16-12(17)6-13(7-18-8-13)10-3-2-4-11(14)5-10/h2-5,9,12,16H,6-8,14H2,1H3/p+1. The molecule has 0 aromatic heterocycles. The van der Waals surface area contributed by atoms with Gasteiger partial charge in [-0.15, -0.1) is 0 Å². The molecule has 18 heavy (non-hydrogen) atoms. The first-order valence-corrected chi connectivity index (χ1v) is 6.21. The summed E-state index contributed by atoms with van der Waals surface area (Å²) < 4.78 is 5.47. The first-order chi connectivity index (χ1) is 8.70. The molecule has 2 aliphatic rings. The highest BCUT2D eigenvalue weighted by Gasteiger charge is 2.43. The molecule has 3 rings (SSSR count). The monoisotopic (exact) mass is 247 g/mol. The molecule has 0 amide bonds. The molecular formula is C13H19N4O+. The van der Waals surface area contributed by atoms with Gasteiger partial charge < -0.3 is 15.4 Å². The maximum atomic E-state index is 5.47. The van der Waals surface area contributed by atoms with Gasteiger partial charge in [-0.05, 0) is 11.6 Å². The minimum atomic E-state index is 0.104. The van der Waals surface area contributed by atoms with Gasteiger partial charge in [0.15, 0.2) is 0 Å². The molecule has 5 heteroatoms. The van der Waals surface area contributed by atoms with E-state index in [1.807, 2.05) is 19.5 Å². The van der Waals surface area contributed by atoms with E-state index < -0.39 is 0 Å². The molecule has 96 valence electrons. The van der Waals surface area contributed by atoms with Crippen LogP contribution >= 0.6 is 0 Å². The van der Waals surface area contributed by atoms with E-state index in [0.29, 0.717) is 0 Å². The molecule has 0 bridgehead atoms. The van der Waals surface area contributed by atoms with Crippen LogP contribution in [0.3, 0.4) is 0 Å². The van der Waals surface area contributed by atoms with Gasteiger partial charge in [0.25, 0.3) is 0 Å². The van der Waals surface area contributed by atoms with Crippen molar-refractivity contribution in [1.82, 2.24) is 10.3 Å². The highest BCUT2D eigenvalue weighted by atomic mass is 16.5. The second kappa shape index (κ2) is 4.26. The molecular weight excluding hydrogens is 228 g/mol. The minimum Gasteiger partial charge on any atom is -0.379 e. The minimum absolute atomic E-state index is 0.104. The zero-order chi connectivity index (χ0) is 12.6. The lowest BCUT2D eigenvalue weighted by Crippen LogP contribution is -2.52. The number of benzene rings is 1. The predicted molar refractivity (Wildman–Crippen MR) is 69.3 cm³/mol. The molecule has 1 fully saturated rings. The van der Waals surface area contributed by atoms with Crippen molar-refractivity contribution in [2.75, 3.05) is 20.3 Å². The van der Waals surface area contributed by atoms with E-state index in [1.54, 1.807) is 0 Å². The molecule has 0 aliphatic carbocycles. The second-order valence-corrected chi connectivity index (χ2v) is 5.23. The Kier molecular flexibility index (Phi) is 2.72. The van der Waals surface area contributed by atoms with Gasteiger partial charge in [-0.3, -0.25) is 5.43 Å². The number of nitrogens with zero attached hydrogens (tertiary/aromatic N) is 2. The first-order valence-electron chi connectivity index (χ1n) is 6.21. The lowest BCUT2D eigenvalue weighted by molar-refractivity contribution is -0.255. The van der Waals surface area contributed by atoms with Gasteiger partial charge in [0.05, 0.1) is 13.2 Å². The van der Waals surface area contributed by atoms with Crippen molar-refractivity contribution in [3.05, 3.63) is 29.8 Å². The molecule has 2 heterocycles. The summed E-state index contributed by atoms with van der Waals surface area (Å²) in [7, 11) is 2.04. The molecule has 0 spiro atoms. The largest absolute Gasteiger partial charge is 0.379 e. The van der Waals surface area contributed by atoms with Crippen molar-refractivity contribution in [2.45, 2.75) is 18.0 Å². The van der Waals surface area contributed by atoms with Crippen molar-refractivity contribution < 1.29 is 10.5 Å². The third-order valence-corrected chi connectivity index (χ3v) is 3.84. The summed E-state index contributed by atoms with van der Waals surface area (Å²) in [4.78, 5) is 2.11. The summed E-state index contributed by atoms with van der Waals surface area (Å²) in [6, 6.07) is 8.44. The number of hydrazone groups is 1. The highest BCUT2D eigenvalue weighted by molar-refractivity contribution is 5.56. The molecule has 5 nitrogen and oxygen atoms in total. The summed E-state index contributed by atoms with van der Waals surface area (Å²) in [5.74, 6) is 0. The Labute approximate surface area is 107 Å². The van der Waals surface area contributed by atoms with Gasteiger partial charge in [-0.25, -0.2) is 0 Å². The maximum Gasteiger partial charge on any atom is 0.128 e. The van der Waals surface area contributed by atoms with Crippen LogP contribution < -0.4 is 11.2 Å². The quantitative estimate of drug-likeness (QED) is 0.791. The van der Waals surface area contributed by atoms with Crippen LogP contribution in [-0.2, 0) is 10.2 Å². The molecule has 1 aromatic carbocycles. The average Bonchev–Trinajstić information content (AvgIpc) is 2.69.